The molecule has 1 fully saturated rings. The Bertz CT molecular complexity index is 336. The molecule has 0 radical (unpaired) electrons. The Morgan fingerprint density at radius 3 is 3.06 bits per heavy atom. The van der Waals surface area contributed by atoms with Crippen molar-refractivity contribution in [3.8, 4) is 0 Å². The lowest BCUT2D eigenvalue weighted by atomic mass is 10.4. The first-order valence-electron chi connectivity index (χ1n) is 5.18. The summed E-state index contributed by atoms with van der Waals surface area (Å²) in [5.41, 5.74) is 0. The zero-order valence-corrected chi connectivity index (χ0v) is 11.5. The molecule has 1 saturated heterocycles. The van der Waals surface area contributed by atoms with Crippen molar-refractivity contribution in [3.05, 3.63) is 17.0 Å². The maximum atomic E-state index is 5.87. The number of nitrogens with zero attached hydrogens (tertiary/aromatic N) is 2. The molecule has 0 spiro atoms. The molecule has 1 unspecified atom stereocenters. The van der Waals surface area contributed by atoms with Crippen LogP contribution in [0.3, 0.4) is 0 Å². The quantitative estimate of drug-likeness (QED) is 0.859. The van der Waals surface area contributed by atoms with Crippen LogP contribution in [0.4, 0.5) is 5.82 Å². The normalized spacial score (nSPS) is 20.8. The molecule has 1 aromatic rings. The highest BCUT2D eigenvalue weighted by Gasteiger charge is 2.14. The van der Waals surface area contributed by atoms with Gasteiger partial charge in [-0.3, -0.25) is 0 Å². The number of halogens is 1. The number of thioether (sulfide) groups is 2. The summed E-state index contributed by atoms with van der Waals surface area (Å²) in [7, 11) is 0. The smallest absolute Gasteiger partial charge is 0.134 e. The van der Waals surface area contributed by atoms with Crippen molar-refractivity contribution in [3.63, 3.8) is 0 Å². The van der Waals surface area contributed by atoms with Crippen molar-refractivity contribution in [1.29, 1.82) is 0 Å². The summed E-state index contributed by atoms with van der Waals surface area (Å²) in [6, 6.07) is 1.77. The Balaban J connectivity index is 1.88. The predicted octanol–water partition coefficient (Wildman–Crippen LogP) is 2.70. The molecule has 2 rings (SSSR count). The molecule has 1 aliphatic heterocycles. The first-order chi connectivity index (χ1) is 7.74. The lowest BCUT2D eigenvalue weighted by Crippen LogP contribution is -2.23. The summed E-state index contributed by atoms with van der Waals surface area (Å²) in [6.45, 7) is 2.80. The zero-order valence-electron chi connectivity index (χ0n) is 9.07. The average Bonchev–Trinajstić information content (AvgIpc) is 2.27. The fraction of sp³-hybridized carbons (Fsp3) is 0.600. The van der Waals surface area contributed by atoms with Gasteiger partial charge in [-0.1, -0.05) is 11.6 Å². The lowest BCUT2D eigenvalue weighted by Gasteiger charge is -2.21. The minimum absolute atomic E-state index is 0.501. The summed E-state index contributed by atoms with van der Waals surface area (Å²) in [4.78, 5) is 8.33. The molecule has 1 aliphatic rings. The van der Waals surface area contributed by atoms with Gasteiger partial charge in [0.1, 0.15) is 16.8 Å². The van der Waals surface area contributed by atoms with Gasteiger partial charge >= 0.3 is 0 Å². The van der Waals surface area contributed by atoms with Gasteiger partial charge in [0.05, 0.1) is 0 Å². The standard InChI is InChI=1S/C10H14ClN3S2/c1-7-13-9(11)4-10(14-7)12-5-8-6-15-2-3-16-8/h4,8H,2-3,5-6H2,1H3,(H,12,13,14). The summed E-state index contributed by atoms with van der Waals surface area (Å²) >= 11 is 9.93. The first-order valence-corrected chi connectivity index (χ1v) is 7.76. The molecule has 1 atom stereocenters. The Morgan fingerprint density at radius 2 is 2.38 bits per heavy atom. The largest absolute Gasteiger partial charge is 0.369 e. The minimum Gasteiger partial charge on any atom is -0.369 e. The van der Waals surface area contributed by atoms with Gasteiger partial charge < -0.3 is 5.32 Å². The number of nitrogens with one attached hydrogen (secondary N) is 1. The van der Waals surface area contributed by atoms with Crippen molar-refractivity contribution in [1.82, 2.24) is 9.97 Å². The Labute approximate surface area is 109 Å². The highest BCUT2D eigenvalue weighted by Crippen LogP contribution is 2.24. The van der Waals surface area contributed by atoms with E-state index in [1.165, 1.54) is 17.3 Å². The molecular formula is C10H14ClN3S2. The number of anilines is 1. The van der Waals surface area contributed by atoms with Crippen LogP contribution in [0.1, 0.15) is 5.82 Å². The summed E-state index contributed by atoms with van der Waals surface area (Å²) in [6.07, 6.45) is 0. The molecule has 0 aromatic carbocycles. The van der Waals surface area contributed by atoms with Gasteiger partial charge in [0.2, 0.25) is 0 Å². The highest BCUT2D eigenvalue weighted by atomic mass is 35.5. The van der Waals surface area contributed by atoms with E-state index >= 15 is 0 Å². The van der Waals surface area contributed by atoms with Gasteiger partial charge in [-0.15, -0.1) is 0 Å². The van der Waals surface area contributed by atoms with Crippen LogP contribution >= 0.6 is 35.1 Å². The molecule has 0 aliphatic carbocycles. The van der Waals surface area contributed by atoms with Crippen LogP contribution in [0.5, 0.6) is 0 Å². The summed E-state index contributed by atoms with van der Waals surface area (Å²) in [5, 5.41) is 4.50. The SMILES string of the molecule is Cc1nc(Cl)cc(NCC2CSCCS2)n1. The molecule has 0 bridgehead atoms. The van der Waals surface area contributed by atoms with Crippen LogP contribution in [0.25, 0.3) is 0 Å². The summed E-state index contributed by atoms with van der Waals surface area (Å²) in [5.74, 6) is 5.28. The fourth-order valence-electron chi connectivity index (χ4n) is 1.49. The van der Waals surface area contributed by atoms with Gasteiger partial charge in [0.25, 0.3) is 0 Å². The maximum Gasteiger partial charge on any atom is 0.134 e. The van der Waals surface area contributed by atoms with Crippen molar-refractivity contribution in [2.24, 2.45) is 0 Å². The van der Waals surface area contributed by atoms with Crippen molar-refractivity contribution < 1.29 is 0 Å². The van der Waals surface area contributed by atoms with E-state index in [1.54, 1.807) is 6.07 Å². The van der Waals surface area contributed by atoms with Crippen LogP contribution in [-0.4, -0.2) is 39.0 Å². The Kier molecular flexibility index (Phi) is 4.61. The van der Waals surface area contributed by atoms with E-state index in [9.17, 15) is 0 Å². The second-order valence-electron chi connectivity index (χ2n) is 3.57. The van der Waals surface area contributed by atoms with Crippen molar-refractivity contribution >= 4 is 40.9 Å². The Hall–Kier alpha value is -0.130. The second-order valence-corrected chi connectivity index (χ2v) is 6.52. The number of aryl methyl sites for hydroxylation is 1. The fourth-order valence-corrected chi connectivity index (χ4v) is 4.33. The maximum absolute atomic E-state index is 5.87. The monoisotopic (exact) mass is 275 g/mol. The molecule has 16 heavy (non-hydrogen) atoms. The van der Waals surface area contributed by atoms with Crippen molar-refractivity contribution in [2.45, 2.75) is 12.2 Å². The first kappa shape index (κ1) is 12.3. The van der Waals surface area contributed by atoms with E-state index < -0.39 is 0 Å². The number of hydrogen-bond donors (Lipinski definition) is 1. The molecule has 2 heterocycles. The zero-order chi connectivity index (χ0) is 11.4. The van der Waals surface area contributed by atoms with E-state index in [0.29, 0.717) is 16.2 Å². The van der Waals surface area contributed by atoms with Crippen LogP contribution in [0, 0.1) is 6.92 Å². The highest BCUT2D eigenvalue weighted by molar-refractivity contribution is 8.06. The van der Waals surface area contributed by atoms with E-state index in [-0.39, 0.29) is 0 Å². The van der Waals surface area contributed by atoms with Crippen LogP contribution in [-0.2, 0) is 0 Å². The van der Waals surface area contributed by atoms with Gasteiger partial charge in [0, 0.05) is 35.1 Å². The van der Waals surface area contributed by atoms with Crippen molar-refractivity contribution in [2.75, 3.05) is 29.1 Å². The second kappa shape index (κ2) is 5.98. The summed E-state index contributed by atoms with van der Waals surface area (Å²) < 4.78 is 0. The minimum atomic E-state index is 0.501. The van der Waals surface area contributed by atoms with E-state index in [1.807, 2.05) is 30.4 Å². The molecular weight excluding hydrogens is 262 g/mol. The molecule has 0 saturated carbocycles. The molecule has 1 aromatic heterocycles. The molecule has 6 heteroatoms. The topological polar surface area (TPSA) is 37.8 Å². The number of aromatic nitrogens is 2. The van der Waals surface area contributed by atoms with Gasteiger partial charge in [-0.2, -0.15) is 23.5 Å². The third-order valence-corrected chi connectivity index (χ3v) is 5.24. The predicted molar refractivity (Wildman–Crippen MR) is 73.8 cm³/mol. The van der Waals surface area contributed by atoms with Gasteiger partial charge in [-0.05, 0) is 6.92 Å². The lowest BCUT2D eigenvalue weighted by molar-refractivity contribution is 0.973. The van der Waals surface area contributed by atoms with Gasteiger partial charge in [-0.25, -0.2) is 9.97 Å². The third kappa shape index (κ3) is 3.71. The van der Waals surface area contributed by atoms with Crippen LogP contribution in [0.15, 0.2) is 6.07 Å². The molecule has 88 valence electrons. The molecule has 0 amide bonds. The van der Waals surface area contributed by atoms with E-state index in [4.69, 9.17) is 11.6 Å². The Morgan fingerprint density at radius 1 is 1.50 bits per heavy atom. The van der Waals surface area contributed by atoms with Gasteiger partial charge in [0.15, 0.2) is 0 Å². The number of hydrogen-bond acceptors (Lipinski definition) is 5. The van der Waals surface area contributed by atoms with Crippen LogP contribution in [0.2, 0.25) is 5.15 Å². The third-order valence-electron chi connectivity index (χ3n) is 2.20. The van der Waals surface area contributed by atoms with E-state index in [2.05, 4.69) is 15.3 Å². The van der Waals surface area contributed by atoms with E-state index in [0.717, 1.165) is 12.4 Å². The molecule has 1 N–H and O–H groups in total. The van der Waals surface area contributed by atoms with Crippen LogP contribution < -0.4 is 5.32 Å². The average molecular weight is 276 g/mol. The molecule has 3 nitrogen and oxygen atoms in total. The number of rotatable bonds is 3.